The van der Waals surface area contributed by atoms with E-state index in [4.69, 9.17) is 4.74 Å². The first kappa shape index (κ1) is 20.6. The number of ketones is 1. The molecule has 2 unspecified atom stereocenters. The van der Waals surface area contributed by atoms with Gasteiger partial charge in [0.05, 0.1) is 23.0 Å². The molecular weight excluding hydrogens is 376 g/mol. The number of fused-ring (bicyclic) bond motifs is 1. The van der Waals surface area contributed by atoms with Crippen LogP contribution in [0.2, 0.25) is 0 Å². The van der Waals surface area contributed by atoms with Crippen molar-refractivity contribution in [2.75, 3.05) is 6.61 Å². The Hall–Kier alpha value is -3.16. The van der Waals surface area contributed by atoms with Crippen LogP contribution >= 0.6 is 0 Å². The Morgan fingerprint density at radius 3 is 2.66 bits per heavy atom. The molecule has 154 valence electrons. The van der Waals surface area contributed by atoms with E-state index in [2.05, 4.69) is 5.32 Å². The monoisotopic (exact) mass is 399 g/mol. The highest BCUT2D eigenvalue weighted by Gasteiger charge is 2.46. The van der Waals surface area contributed by atoms with Gasteiger partial charge in [-0.15, -0.1) is 0 Å². The number of esters is 1. The van der Waals surface area contributed by atoms with E-state index in [1.165, 1.54) is 6.07 Å². The minimum absolute atomic E-state index is 0.0758. The number of carbonyl (C=O) groups excluding carboxylic acids is 2. The van der Waals surface area contributed by atoms with E-state index < -0.39 is 34.2 Å². The molecule has 0 saturated heterocycles. The molecule has 8 nitrogen and oxygen atoms in total. The van der Waals surface area contributed by atoms with Crippen LogP contribution in [-0.2, 0) is 14.3 Å². The Bertz CT molecular complexity index is 960. The number of nitro groups is 1. The molecule has 0 amide bonds. The zero-order chi connectivity index (χ0) is 21.5. The topological polar surface area (TPSA) is 122 Å². The van der Waals surface area contributed by atoms with Crippen LogP contribution in [0.5, 0.6) is 5.75 Å². The van der Waals surface area contributed by atoms with E-state index in [1.54, 1.807) is 13.8 Å². The molecule has 1 aromatic rings. The van der Waals surface area contributed by atoms with Crippen molar-refractivity contribution in [1.29, 1.82) is 0 Å². The fourth-order valence-corrected chi connectivity index (χ4v) is 4.18. The van der Waals surface area contributed by atoms with Crippen LogP contribution in [-0.4, -0.2) is 23.3 Å². The summed E-state index contributed by atoms with van der Waals surface area (Å²) in [7, 11) is 0. The van der Waals surface area contributed by atoms with E-state index in [0.717, 1.165) is 12.1 Å². The molecular formula is C21H23N2O6-. The number of benzene rings is 1. The van der Waals surface area contributed by atoms with Gasteiger partial charge < -0.3 is 15.2 Å². The third-order valence-corrected chi connectivity index (χ3v) is 5.27. The largest absolute Gasteiger partial charge is 0.868 e. The fraction of sp³-hybridized carbons (Fsp3) is 0.429. The molecule has 8 heteroatoms. The second-order valence-corrected chi connectivity index (χ2v) is 8.06. The molecule has 0 aromatic heterocycles. The Morgan fingerprint density at radius 1 is 1.34 bits per heavy atom. The van der Waals surface area contributed by atoms with Gasteiger partial charge in [-0.1, -0.05) is 32.1 Å². The summed E-state index contributed by atoms with van der Waals surface area (Å²) in [6.45, 7) is 7.43. The third-order valence-electron chi connectivity index (χ3n) is 5.27. The number of hydrogen-bond acceptors (Lipinski definition) is 7. The van der Waals surface area contributed by atoms with Gasteiger partial charge in [0.15, 0.2) is 0 Å². The molecule has 3 rings (SSSR count). The summed E-state index contributed by atoms with van der Waals surface area (Å²) < 4.78 is 5.20. The van der Waals surface area contributed by atoms with Crippen molar-refractivity contribution >= 4 is 17.4 Å². The number of hydrogen-bond donors (Lipinski definition) is 1. The molecule has 0 spiro atoms. The number of carbonyl (C=O) groups is 2. The lowest BCUT2D eigenvalue weighted by Gasteiger charge is -2.41. The zero-order valence-electron chi connectivity index (χ0n) is 16.8. The van der Waals surface area contributed by atoms with Crippen molar-refractivity contribution in [3.63, 3.8) is 0 Å². The predicted octanol–water partition coefficient (Wildman–Crippen LogP) is 2.69. The van der Waals surface area contributed by atoms with Gasteiger partial charge in [-0.3, -0.25) is 14.9 Å². The highest BCUT2D eigenvalue weighted by Crippen LogP contribution is 2.47. The number of ether oxygens (including phenoxy) is 1. The Labute approximate surface area is 168 Å². The van der Waals surface area contributed by atoms with Crippen molar-refractivity contribution in [2.45, 2.75) is 40.0 Å². The van der Waals surface area contributed by atoms with Gasteiger partial charge in [0.1, 0.15) is 5.78 Å². The molecule has 1 N–H and O–H groups in total. The summed E-state index contributed by atoms with van der Waals surface area (Å²) in [6.07, 6.45) is 2.24. The Balaban J connectivity index is 2.24. The quantitative estimate of drug-likeness (QED) is 0.469. The number of rotatable bonds is 4. The van der Waals surface area contributed by atoms with Gasteiger partial charge in [0.2, 0.25) is 0 Å². The summed E-state index contributed by atoms with van der Waals surface area (Å²) in [6, 6.07) is 3.71. The standard InChI is InChI=1S/C21H24N2O6/c1-5-29-20(26)17-11(2)22-13-9-21(3,4)10-16(25)19(13)18(17)12-6-7-15(24)14(8-12)23(27)28/h6-9,18-19,22,24H,5,10H2,1-4H3/p-1. The minimum Gasteiger partial charge on any atom is -0.868 e. The first-order valence-corrected chi connectivity index (χ1v) is 9.41. The van der Waals surface area contributed by atoms with Crippen LogP contribution in [0, 0.1) is 21.4 Å². The average molecular weight is 399 g/mol. The van der Waals surface area contributed by atoms with Crippen LogP contribution in [0.25, 0.3) is 0 Å². The average Bonchev–Trinajstić information content (AvgIpc) is 2.59. The molecule has 29 heavy (non-hydrogen) atoms. The van der Waals surface area contributed by atoms with Crippen LogP contribution in [0.3, 0.4) is 0 Å². The predicted molar refractivity (Wildman–Crippen MR) is 103 cm³/mol. The fourth-order valence-electron chi connectivity index (χ4n) is 4.18. The summed E-state index contributed by atoms with van der Waals surface area (Å²) in [5.41, 5.74) is 0.855. The minimum atomic E-state index is -0.774. The first-order chi connectivity index (χ1) is 13.6. The van der Waals surface area contributed by atoms with Crippen molar-refractivity contribution in [2.24, 2.45) is 11.3 Å². The normalized spacial score (nSPS) is 23.0. The van der Waals surface area contributed by atoms with Crippen molar-refractivity contribution < 1.29 is 24.4 Å². The van der Waals surface area contributed by atoms with E-state index in [-0.39, 0.29) is 29.8 Å². The van der Waals surface area contributed by atoms with E-state index >= 15 is 0 Å². The molecule has 1 aliphatic carbocycles. The van der Waals surface area contributed by atoms with Crippen LogP contribution in [0.15, 0.2) is 41.2 Å². The highest BCUT2D eigenvalue weighted by atomic mass is 16.6. The molecule has 0 radical (unpaired) electrons. The van der Waals surface area contributed by atoms with E-state index in [1.807, 2.05) is 19.9 Å². The Morgan fingerprint density at radius 2 is 2.03 bits per heavy atom. The van der Waals surface area contributed by atoms with Crippen molar-refractivity contribution in [3.8, 4) is 5.75 Å². The van der Waals surface area contributed by atoms with Crippen molar-refractivity contribution in [1.82, 2.24) is 5.32 Å². The third kappa shape index (κ3) is 3.74. The highest BCUT2D eigenvalue weighted by molar-refractivity contribution is 5.96. The lowest BCUT2D eigenvalue weighted by atomic mass is 9.66. The number of Topliss-reactive ketones (excluding diaryl/α,β-unsaturated/α-hetero) is 1. The number of nitrogens with one attached hydrogen (secondary N) is 1. The molecule has 0 saturated carbocycles. The van der Waals surface area contributed by atoms with Crippen LogP contribution < -0.4 is 10.4 Å². The van der Waals surface area contributed by atoms with Gasteiger partial charge in [0.25, 0.3) is 5.69 Å². The zero-order valence-corrected chi connectivity index (χ0v) is 16.8. The van der Waals surface area contributed by atoms with Gasteiger partial charge in [0, 0.05) is 29.8 Å². The number of nitro benzene ring substituents is 1. The molecule has 1 aliphatic heterocycles. The van der Waals surface area contributed by atoms with Crippen LogP contribution in [0.4, 0.5) is 5.69 Å². The summed E-state index contributed by atoms with van der Waals surface area (Å²) >= 11 is 0. The van der Waals surface area contributed by atoms with E-state index in [9.17, 15) is 24.8 Å². The van der Waals surface area contributed by atoms with Gasteiger partial charge in [-0.25, -0.2) is 4.79 Å². The van der Waals surface area contributed by atoms with Crippen molar-refractivity contribution in [3.05, 3.63) is 56.9 Å². The molecule has 0 bridgehead atoms. The maximum Gasteiger partial charge on any atom is 0.336 e. The summed E-state index contributed by atoms with van der Waals surface area (Å²) in [5.74, 6) is -2.87. The summed E-state index contributed by atoms with van der Waals surface area (Å²) in [5, 5.41) is 26.3. The first-order valence-electron chi connectivity index (χ1n) is 9.41. The second-order valence-electron chi connectivity index (χ2n) is 8.06. The molecule has 2 aliphatic rings. The smallest absolute Gasteiger partial charge is 0.336 e. The SMILES string of the molecule is CCOC(=O)C1=C(C)NC2=CC(C)(C)CC(=O)C2C1c1ccc([O-])c([N+](=O)[O-])c1. The Kier molecular flexibility index (Phi) is 5.21. The van der Waals surface area contributed by atoms with Crippen LogP contribution in [0.1, 0.15) is 45.6 Å². The van der Waals surface area contributed by atoms with Gasteiger partial charge in [-0.2, -0.15) is 0 Å². The molecule has 2 atom stereocenters. The molecule has 1 heterocycles. The number of allylic oxidation sites excluding steroid dienone is 3. The lowest BCUT2D eigenvalue weighted by Crippen LogP contribution is -2.43. The molecule has 0 fully saturated rings. The summed E-state index contributed by atoms with van der Waals surface area (Å²) in [4.78, 5) is 36.4. The molecule has 1 aromatic carbocycles. The number of nitrogens with zero attached hydrogens (tertiary/aromatic N) is 1. The maximum absolute atomic E-state index is 13.1. The lowest BCUT2D eigenvalue weighted by molar-refractivity contribution is -0.398. The van der Waals surface area contributed by atoms with E-state index in [0.29, 0.717) is 17.0 Å². The van der Waals surface area contributed by atoms with Gasteiger partial charge >= 0.3 is 5.97 Å². The maximum atomic E-state index is 13.1. The van der Waals surface area contributed by atoms with Gasteiger partial charge in [-0.05, 0) is 30.6 Å². The second kappa shape index (κ2) is 7.35.